The Morgan fingerprint density at radius 3 is 2.60 bits per heavy atom. The van der Waals surface area contributed by atoms with Crippen LogP contribution in [-0.4, -0.2) is 19.7 Å². The highest BCUT2D eigenvalue weighted by atomic mass is 35.5. The van der Waals surface area contributed by atoms with Crippen molar-refractivity contribution in [2.75, 3.05) is 0 Å². The topological polar surface area (TPSA) is 64.7 Å². The lowest BCUT2D eigenvalue weighted by molar-refractivity contribution is 0.429. The molecule has 0 radical (unpaired) electrons. The van der Waals surface area contributed by atoms with E-state index >= 15 is 0 Å². The second-order valence-electron chi connectivity index (χ2n) is 4.07. The summed E-state index contributed by atoms with van der Waals surface area (Å²) >= 11 is 6.82. The molecule has 0 spiro atoms. The molecule has 0 amide bonds. The molecule has 0 saturated heterocycles. The fraction of sp³-hybridized carbons (Fsp3) is 0.500. The van der Waals surface area contributed by atoms with Crippen molar-refractivity contribution in [3.63, 3.8) is 0 Å². The van der Waals surface area contributed by atoms with Gasteiger partial charge in [-0.3, -0.25) is 0 Å². The third kappa shape index (κ3) is 2.00. The molecule has 2 aromatic rings. The van der Waals surface area contributed by atoms with E-state index in [1.165, 1.54) is 11.5 Å². The van der Waals surface area contributed by atoms with Crippen molar-refractivity contribution in [3.8, 4) is 10.8 Å². The van der Waals surface area contributed by atoms with E-state index in [0.717, 1.165) is 10.6 Å². The maximum Gasteiger partial charge on any atom is 0.272 e. The van der Waals surface area contributed by atoms with E-state index < -0.39 is 0 Å². The van der Waals surface area contributed by atoms with Crippen LogP contribution in [0.2, 0.25) is 5.28 Å². The minimum atomic E-state index is -0.108. The zero-order valence-corrected chi connectivity index (χ0v) is 10.1. The second-order valence-corrected chi connectivity index (χ2v) is 5.16. The van der Waals surface area contributed by atoms with Crippen LogP contribution in [0.4, 0.5) is 0 Å². The Labute approximate surface area is 95.6 Å². The minimum absolute atomic E-state index is 0.0956. The summed E-state index contributed by atoms with van der Waals surface area (Å²) in [6, 6.07) is 0. The van der Waals surface area contributed by atoms with Gasteiger partial charge in [0.2, 0.25) is 0 Å². The highest BCUT2D eigenvalue weighted by Crippen LogP contribution is 2.33. The smallest absolute Gasteiger partial charge is 0.272 e. The Hall–Kier alpha value is -1.01. The van der Waals surface area contributed by atoms with Crippen LogP contribution >= 0.6 is 23.1 Å². The molecule has 0 aromatic carbocycles. The van der Waals surface area contributed by atoms with Gasteiger partial charge in [-0.1, -0.05) is 25.3 Å². The first-order chi connectivity index (χ1) is 6.98. The standard InChI is InChI=1S/C8H9ClN4OS/c1-8(2,3)5-4(15-13-11-5)6-10-7(9)12-14-6/h1-3H3. The lowest BCUT2D eigenvalue weighted by Crippen LogP contribution is -2.13. The van der Waals surface area contributed by atoms with Crippen LogP contribution < -0.4 is 0 Å². The summed E-state index contributed by atoms with van der Waals surface area (Å²) in [6.45, 7) is 6.14. The molecule has 2 rings (SSSR count). The third-order valence-corrected chi connectivity index (χ3v) is 2.66. The summed E-state index contributed by atoms with van der Waals surface area (Å²) in [6.07, 6.45) is 0. The van der Waals surface area contributed by atoms with Crippen molar-refractivity contribution in [2.24, 2.45) is 0 Å². The molecule has 0 aliphatic heterocycles. The molecule has 0 unspecified atom stereocenters. The van der Waals surface area contributed by atoms with Crippen molar-refractivity contribution >= 4 is 23.1 Å². The fourth-order valence-corrected chi connectivity index (χ4v) is 2.03. The average Bonchev–Trinajstić information content (AvgIpc) is 2.68. The van der Waals surface area contributed by atoms with Gasteiger partial charge in [0.05, 0.1) is 5.69 Å². The molecule has 0 N–H and O–H groups in total. The predicted octanol–water partition coefficient (Wildman–Crippen LogP) is 2.54. The summed E-state index contributed by atoms with van der Waals surface area (Å²) in [5.41, 5.74) is 0.733. The number of nitrogens with zero attached hydrogens (tertiary/aromatic N) is 4. The molecule has 0 atom stereocenters. The summed E-state index contributed by atoms with van der Waals surface area (Å²) < 4.78 is 8.88. The summed E-state index contributed by atoms with van der Waals surface area (Å²) in [5.74, 6) is 0.375. The zero-order valence-electron chi connectivity index (χ0n) is 8.48. The molecule has 2 heterocycles. The van der Waals surface area contributed by atoms with Crippen molar-refractivity contribution in [1.82, 2.24) is 19.7 Å². The number of halogens is 1. The van der Waals surface area contributed by atoms with Crippen molar-refractivity contribution in [3.05, 3.63) is 11.0 Å². The Morgan fingerprint density at radius 1 is 1.33 bits per heavy atom. The second kappa shape index (κ2) is 3.53. The van der Waals surface area contributed by atoms with Crippen molar-refractivity contribution in [2.45, 2.75) is 26.2 Å². The Morgan fingerprint density at radius 2 is 2.07 bits per heavy atom. The zero-order chi connectivity index (χ0) is 11.1. The van der Waals surface area contributed by atoms with Crippen molar-refractivity contribution < 1.29 is 4.52 Å². The Kier molecular flexibility index (Phi) is 2.47. The highest BCUT2D eigenvalue weighted by molar-refractivity contribution is 7.09. The Bertz CT molecular complexity index is 473. The molecular weight excluding hydrogens is 236 g/mol. The van der Waals surface area contributed by atoms with E-state index in [-0.39, 0.29) is 10.7 Å². The monoisotopic (exact) mass is 244 g/mol. The normalized spacial score (nSPS) is 12.0. The van der Waals surface area contributed by atoms with E-state index in [1.807, 2.05) is 20.8 Å². The van der Waals surface area contributed by atoms with Gasteiger partial charge in [-0.2, -0.15) is 4.98 Å². The first kappa shape index (κ1) is 10.5. The van der Waals surface area contributed by atoms with Gasteiger partial charge in [0, 0.05) is 5.41 Å². The van der Waals surface area contributed by atoms with Crippen LogP contribution in [0, 0.1) is 0 Å². The molecule has 0 fully saturated rings. The van der Waals surface area contributed by atoms with E-state index in [1.54, 1.807) is 0 Å². The van der Waals surface area contributed by atoms with E-state index in [0.29, 0.717) is 5.89 Å². The maximum absolute atomic E-state index is 5.59. The average molecular weight is 245 g/mol. The number of hydrogen-bond donors (Lipinski definition) is 0. The van der Waals surface area contributed by atoms with E-state index in [4.69, 9.17) is 16.1 Å². The molecule has 0 bridgehead atoms. The van der Waals surface area contributed by atoms with Gasteiger partial charge < -0.3 is 4.52 Å². The molecule has 2 aromatic heterocycles. The molecule has 7 heteroatoms. The van der Waals surface area contributed by atoms with Crippen LogP contribution in [-0.2, 0) is 5.41 Å². The Balaban J connectivity index is 2.50. The summed E-state index contributed by atoms with van der Waals surface area (Å²) in [7, 11) is 0. The first-order valence-corrected chi connectivity index (χ1v) is 5.46. The predicted molar refractivity (Wildman–Crippen MR) is 56.9 cm³/mol. The molecule has 80 valence electrons. The maximum atomic E-state index is 5.59. The fourth-order valence-electron chi connectivity index (χ4n) is 1.12. The minimum Gasteiger partial charge on any atom is -0.332 e. The first-order valence-electron chi connectivity index (χ1n) is 4.31. The van der Waals surface area contributed by atoms with E-state index in [2.05, 4.69) is 19.7 Å². The van der Waals surface area contributed by atoms with Crippen molar-refractivity contribution in [1.29, 1.82) is 0 Å². The number of aromatic nitrogens is 4. The van der Waals surface area contributed by atoms with Gasteiger partial charge in [0.1, 0.15) is 4.88 Å². The molecule has 0 aliphatic rings. The van der Waals surface area contributed by atoms with Gasteiger partial charge in [0.25, 0.3) is 11.2 Å². The lowest BCUT2D eigenvalue weighted by atomic mass is 9.91. The molecule has 5 nitrogen and oxygen atoms in total. The highest BCUT2D eigenvalue weighted by Gasteiger charge is 2.26. The summed E-state index contributed by atoms with van der Waals surface area (Å²) in [4.78, 5) is 4.72. The largest absolute Gasteiger partial charge is 0.332 e. The van der Waals surface area contributed by atoms with Crippen LogP contribution in [0.1, 0.15) is 26.5 Å². The molecule has 0 aliphatic carbocycles. The molecular formula is C8H9ClN4OS. The molecule has 0 saturated carbocycles. The van der Waals surface area contributed by atoms with Gasteiger partial charge in [-0.25, -0.2) is 0 Å². The third-order valence-electron chi connectivity index (χ3n) is 1.79. The lowest BCUT2D eigenvalue weighted by Gasteiger charge is -2.14. The van der Waals surface area contributed by atoms with Gasteiger partial charge in [-0.15, -0.1) is 5.10 Å². The van der Waals surface area contributed by atoms with Gasteiger partial charge in [-0.05, 0) is 28.3 Å². The van der Waals surface area contributed by atoms with Gasteiger partial charge >= 0.3 is 0 Å². The SMILES string of the molecule is CC(C)(C)c1nnsc1-c1nc(Cl)no1. The van der Waals surface area contributed by atoms with Gasteiger partial charge in [0.15, 0.2) is 0 Å². The van der Waals surface area contributed by atoms with Crippen LogP contribution in [0.25, 0.3) is 10.8 Å². The van der Waals surface area contributed by atoms with Crippen LogP contribution in [0.3, 0.4) is 0 Å². The van der Waals surface area contributed by atoms with E-state index in [9.17, 15) is 0 Å². The number of hydrogen-bond acceptors (Lipinski definition) is 6. The summed E-state index contributed by atoms with van der Waals surface area (Å²) in [5, 5.41) is 7.69. The number of rotatable bonds is 1. The van der Waals surface area contributed by atoms with Crippen LogP contribution in [0.5, 0.6) is 0 Å². The van der Waals surface area contributed by atoms with Crippen LogP contribution in [0.15, 0.2) is 4.52 Å². The quantitative estimate of drug-likeness (QED) is 0.771. The molecule has 15 heavy (non-hydrogen) atoms.